The molecule has 0 saturated carbocycles. The minimum absolute atomic E-state index is 0.0999. The number of carbonyl (C=O) groups excluding carboxylic acids is 1. The van der Waals surface area contributed by atoms with E-state index < -0.39 is 0 Å². The van der Waals surface area contributed by atoms with E-state index in [-0.39, 0.29) is 5.91 Å². The fraction of sp³-hybridized carbons (Fsp3) is 0.222. The SMILES string of the molecule is Cc1cccc(CNC(=O)c2c(C)nc3ccc(C)cn23)c1. The van der Waals surface area contributed by atoms with E-state index in [0.29, 0.717) is 12.2 Å². The molecule has 0 bridgehead atoms. The molecule has 112 valence electrons. The maximum atomic E-state index is 12.5. The predicted molar refractivity (Wildman–Crippen MR) is 87.0 cm³/mol. The van der Waals surface area contributed by atoms with E-state index in [1.54, 1.807) is 0 Å². The van der Waals surface area contributed by atoms with Gasteiger partial charge in [-0.1, -0.05) is 35.9 Å². The quantitative estimate of drug-likeness (QED) is 0.806. The van der Waals surface area contributed by atoms with Crippen molar-refractivity contribution in [3.63, 3.8) is 0 Å². The third-order valence-electron chi connectivity index (χ3n) is 3.69. The van der Waals surface area contributed by atoms with Crippen LogP contribution in [0.3, 0.4) is 0 Å². The van der Waals surface area contributed by atoms with E-state index in [1.807, 2.05) is 61.7 Å². The first-order chi connectivity index (χ1) is 10.5. The zero-order valence-corrected chi connectivity index (χ0v) is 13.1. The topological polar surface area (TPSA) is 46.4 Å². The first-order valence-corrected chi connectivity index (χ1v) is 7.33. The number of pyridine rings is 1. The Labute approximate surface area is 129 Å². The summed E-state index contributed by atoms with van der Waals surface area (Å²) >= 11 is 0. The van der Waals surface area contributed by atoms with Crippen LogP contribution in [-0.4, -0.2) is 15.3 Å². The summed E-state index contributed by atoms with van der Waals surface area (Å²) in [6, 6.07) is 12.1. The van der Waals surface area contributed by atoms with Crippen LogP contribution in [0, 0.1) is 20.8 Å². The third kappa shape index (κ3) is 2.72. The van der Waals surface area contributed by atoms with Crippen LogP contribution in [-0.2, 0) is 6.54 Å². The molecule has 4 nitrogen and oxygen atoms in total. The van der Waals surface area contributed by atoms with Crippen LogP contribution in [0.2, 0.25) is 0 Å². The number of hydrogen-bond acceptors (Lipinski definition) is 2. The molecule has 1 aromatic carbocycles. The highest BCUT2D eigenvalue weighted by atomic mass is 16.1. The molecule has 3 rings (SSSR count). The number of nitrogens with zero attached hydrogens (tertiary/aromatic N) is 2. The first kappa shape index (κ1) is 14.3. The van der Waals surface area contributed by atoms with Crippen LogP contribution >= 0.6 is 0 Å². The molecular weight excluding hydrogens is 274 g/mol. The van der Waals surface area contributed by atoms with E-state index in [1.165, 1.54) is 5.56 Å². The zero-order valence-electron chi connectivity index (χ0n) is 13.1. The van der Waals surface area contributed by atoms with Gasteiger partial charge in [0.15, 0.2) is 0 Å². The third-order valence-corrected chi connectivity index (χ3v) is 3.69. The van der Waals surface area contributed by atoms with E-state index in [9.17, 15) is 4.79 Å². The number of aromatic nitrogens is 2. The van der Waals surface area contributed by atoms with Gasteiger partial charge in [-0.15, -0.1) is 0 Å². The molecule has 4 heteroatoms. The normalized spacial score (nSPS) is 10.9. The lowest BCUT2D eigenvalue weighted by molar-refractivity contribution is 0.0944. The summed E-state index contributed by atoms with van der Waals surface area (Å²) in [6.07, 6.45) is 1.94. The smallest absolute Gasteiger partial charge is 0.270 e. The highest BCUT2D eigenvalue weighted by molar-refractivity contribution is 5.94. The maximum Gasteiger partial charge on any atom is 0.270 e. The Bertz CT molecular complexity index is 849. The Morgan fingerprint density at radius 2 is 1.95 bits per heavy atom. The van der Waals surface area contributed by atoms with Crippen LogP contribution in [0.5, 0.6) is 0 Å². The van der Waals surface area contributed by atoms with Gasteiger partial charge in [-0.25, -0.2) is 4.98 Å². The molecular formula is C18H19N3O. The van der Waals surface area contributed by atoms with Crippen LogP contribution in [0.25, 0.3) is 5.65 Å². The lowest BCUT2D eigenvalue weighted by Crippen LogP contribution is -2.25. The molecule has 0 atom stereocenters. The minimum atomic E-state index is -0.0999. The van der Waals surface area contributed by atoms with Gasteiger partial charge in [0.2, 0.25) is 0 Å². The van der Waals surface area contributed by atoms with Gasteiger partial charge in [0.1, 0.15) is 11.3 Å². The molecule has 1 amide bonds. The Morgan fingerprint density at radius 3 is 2.73 bits per heavy atom. The van der Waals surface area contributed by atoms with Crippen molar-refractivity contribution in [2.75, 3.05) is 0 Å². The summed E-state index contributed by atoms with van der Waals surface area (Å²) in [7, 11) is 0. The average Bonchev–Trinajstić information content (AvgIpc) is 2.80. The van der Waals surface area contributed by atoms with Crippen molar-refractivity contribution < 1.29 is 4.79 Å². The average molecular weight is 293 g/mol. The van der Waals surface area contributed by atoms with Gasteiger partial charge in [0.25, 0.3) is 5.91 Å². The molecule has 1 N–H and O–H groups in total. The summed E-state index contributed by atoms with van der Waals surface area (Å²) < 4.78 is 1.86. The summed E-state index contributed by atoms with van der Waals surface area (Å²) in [6.45, 7) is 6.43. The van der Waals surface area contributed by atoms with Crippen molar-refractivity contribution >= 4 is 11.6 Å². The minimum Gasteiger partial charge on any atom is -0.347 e. The number of nitrogens with one attached hydrogen (secondary N) is 1. The number of imidazole rings is 1. The van der Waals surface area contributed by atoms with E-state index in [4.69, 9.17) is 0 Å². The second-order valence-electron chi connectivity index (χ2n) is 5.65. The second-order valence-corrected chi connectivity index (χ2v) is 5.65. The molecule has 0 aliphatic heterocycles. The lowest BCUT2D eigenvalue weighted by atomic mass is 10.1. The van der Waals surface area contributed by atoms with Gasteiger partial charge >= 0.3 is 0 Å². The number of aryl methyl sites for hydroxylation is 3. The summed E-state index contributed by atoms with van der Waals surface area (Å²) in [5.41, 5.74) is 5.52. The largest absolute Gasteiger partial charge is 0.347 e. The molecule has 0 fully saturated rings. The van der Waals surface area contributed by atoms with Crippen molar-refractivity contribution in [3.05, 3.63) is 70.7 Å². The maximum absolute atomic E-state index is 12.5. The Balaban J connectivity index is 1.86. The van der Waals surface area contributed by atoms with Gasteiger partial charge in [-0.2, -0.15) is 0 Å². The predicted octanol–water partition coefficient (Wildman–Crippen LogP) is 3.19. The van der Waals surface area contributed by atoms with Gasteiger partial charge < -0.3 is 5.32 Å². The molecule has 0 saturated heterocycles. The van der Waals surface area contributed by atoms with Crippen molar-refractivity contribution in [3.8, 4) is 0 Å². The van der Waals surface area contributed by atoms with Gasteiger partial charge in [-0.3, -0.25) is 9.20 Å². The Morgan fingerprint density at radius 1 is 1.14 bits per heavy atom. The highest BCUT2D eigenvalue weighted by Gasteiger charge is 2.16. The lowest BCUT2D eigenvalue weighted by Gasteiger charge is -2.07. The number of carbonyl (C=O) groups is 1. The standard InChI is InChI=1S/C18H19N3O/c1-12-5-4-6-15(9-12)10-19-18(22)17-14(3)20-16-8-7-13(2)11-21(16)17/h4-9,11H,10H2,1-3H3,(H,19,22). The molecule has 3 aromatic rings. The van der Waals surface area contributed by atoms with Crippen LogP contribution < -0.4 is 5.32 Å². The van der Waals surface area contributed by atoms with Crippen LogP contribution in [0.1, 0.15) is 32.9 Å². The number of benzene rings is 1. The molecule has 22 heavy (non-hydrogen) atoms. The fourth-order valence-corrected chi connectivity index (χ4v) is 2.63. The summed E-state index contributed by atoms with van der Waals surface area (Å²) in [5.74, 6) is -0.0999. The monoisotopic (exact) mass is 293 g/mol. The first-order valence-electron chi connectivity index (χ1n) is 7.33. The number of amides is 1. The molecule has 0 unspecified atom stereocenters. The van der Waals surface area contributed by atoms with E-state index in [2.05, 4.69) is 16.4 Å². The van der Waals surface area contributed by atoms with Crippen molar-refractivity contribution in [2.45, 2.75) is 27.3 Å². The Kier molecular flexibility index (Phi) is 3.67. The number of fused-ring (bicyclic) bond motifs is 1. The van der Waals surface area contributed by atoms with Gasteiger partial charge in [0, 0.05) is 12.7 Å². The summed E-state index contributed by atoms with van der Waals surface area (Å²) in [4.78, 5) is 17.0. The van der Waals surface area contributed by atoms with Crippen molar-refractivity contribution in [1.82, 2.24) is 14.7 Å². The van der Waals surface area contributed by atoms with E-state index in [0.717, 1.165) is 22.5 Å². The van der Waals surface area contributed by atoms with Crippen molar-refractivity contribution in [1.29, 1.82) is 0 Å². The second kappa shape index (κ2) is 5.64. The summed E-state index contributed by atoms with van der Waals surface area (Å²) in [5, 5.41) is 2.98. The number of hydrogen-bond donors (Lipinski definition) is 1. The van der Waals surface area contributed by atoms with Gasteiger partial charge in [0.05, 0.1) is 5.69 Å². The van der Waals surface area contributed by atoms with Crippen LogP contribution in [0.4, 0.5) is 0 Å². The highest BCUT2D eigenvalue weighted by Crippen LogP contribution is 2.13. The molecule has 2 heterocycles. The Hall–Kier alpha value is -2.62. The molecule has 0 spiro atoms. The number of rotatable bonds is 3. The molecule has 2 aromatic heterocycles. The van der Waals surface area contributed by atoms with E-state index >= 15 is 0 Å². The zero-order chi connectivity index (χ0) is 15.7. The van der Waals surface area contributed by atoms with Crippen molar-refractivity contribution in [2.24, 2.45) is 0 Å². The molecule has 0 aliphatic rings. The van der Waals surface area contributed by atoms with Gasteiger partial charge in [-0.05, 0) is 38.0 Å². The van der Waals surface area contributed by atoms with Crippen LogP contribution in [0.15, 0.2) is 42.6 Å². The fourth-order valence-electron chi connectivity index (χ4n) is 2.63. The molecule has 0 aliphatic carbocycles. The molecule has 0 radical (unpaired) electrons.